The van der Waals surface area contributed by atoms with E-state index in [-0.39, 0.29) is 12.3 Å². The van der Waals surface area contributed by atoms with Crippen LogP contribution >= 0.6 is 11.3 Å². The first-order valence-corrected chi connectivity index (χ1v) is 10.8. The van der Waals surface area contributed by atoms with Gasteiger partial charge in [-0.15, -0.1) is 11.3 Å². The second kappa shape index (κ2) is 9.70. The van der Waals surface area contributed by atoms with Gasteiger partial charge < -0.3 is 15.0 Å². The number of ether oxygens (including phenoxy) is 1. The highest BCUT2D eigenvalue weighted by molar-refractivity contribution is 7.13. The standard InChI is InChI=1S/C23H26N4O3S/c1-23(2,3)30-22(29)27(4)14-16-7-5-9-18(11-16)25-20(28)12-19-15-31-21(26-19)17-8-6-10-24-13-17/h5-11,13,15H,12,14H2,1-4H3,(H,25,28). The Labute approximate surface area is 186 Å². The van der Waals surface area contributed by atoms with Gasteiger partial charge in [0.2, 0.25) is 5.91 Å². The van der Waals surface area contributed by atoms with Crippen molar-refractivity contribution in [3.63, 3.8) is 0 Å². The molecule has 8 heteroatoms. The molecule has 2 heterocycles. The zero-order valence-electron chi connectivity index (χ0n) is 18.1. The minimum absolute atomic E-state index is 0.152. The first-order valence-electron chi connectivity index (χ1n) is 9.87. The quantitative estimate of drug-likeness (QED) is 0.600. The molecular formula is C23H26N4O3S. The second-order valence-electron chi connectivity index (χ2n) is 8.15. The lowest BCUT2D eigenvalue weighted by molar-refractivity contribution is -0.115. The van der Waals surface area contributed by atoms with E-state index in [1.54, 1.807) is 19.4 Å². The second-order valence-corrected chi connectivity index (χ2v) is 9.01. The molecule has 162 valence electrons. The van der Waals surface area contributed by atoms with Gasteiger partial charge in [-0.2, -0.15) is 0 Å². The van der Waals surface area contributed by atoms with Crippen LogP contribution in [0, 0.1) is 0 Å². The van der Waals surface area contributed by atoms with Gasteiger partial charge in [0.1, 0.15) is 10.6 Å². The SMILES string of the molecule is CN(Cc1cccc(NC(=O)Cc2csc(-c3cccnc3)n2)c1)C(=O)OC(C)(C)C. The van der Waals surface area contributed by atoms with E-state index in [0.717, 1.165) is 16.1 Å². The van der Waals surface area contributed by atoms with Gasteiger partial charge in [-0.05, 0) is 50.6 Å². The van der Waals surface area contributed by atoms with Crippen LogP contribution in [-0.4, -0.2) is 39.5 Å². The zero-order valence-corrected chi connectivity index (χ0v) is 18.9. The van der Waals surface area contributed by atoms with Crippen molar-refractivity contribution in [2.24, 2.45) is 0 Å². The van der Waals surface area contributed by atoms with Gasteiger partial charge in [0.25, 0.3) is 0 Å². The molecule has 0 radical (unpaired) electrons. The number of nitrogens with one attached hydrogen (secondary N) is 1. The maximum Gasteiger partial charge on any atom is 0.410 e. The maximum atomic E-state index is 12.5. The molecule has 1 N–H and O–H groups in total. The molecule has 3 aromatic rings. The molecule has 0 aliphatic rings. The molecule has 0 saturated heterocycles. The van der Waals surface area contributed by atoms with E-state index in [9.17, 15) is 9.59 Å². The summed E-state index contributed by atoms with van der Waals surface area (Å²) in [5, 5.41) is 5.62. The number of amides is 2. The fourth-order valence-corrected chi connectivity index (χ4v) is 3.62. The molecule has 1 aromatic carbocycles. The van der Waals surface area contributed by atoms with Gasteiger partial charge in [-0.25, -0.2) is 9.78 Å². The number of anilines is 1. The van der Waals surface area contributed by atoms with Gasteiger partial charge in [-0.3, -0.25) is 9.78 Å². The number of benzene rings is 1. The molecule has 3 rings (SSSR count). The summed E-state index contributed by atoms with van der Waals surface area (Å²) in [6.45, 7) is 5.87. The topological polar surface area (TPSA) is 84.4 Å². The number of aromatic nitrogens is 2. The van der Waals surface area contributed by atoms with Crippen molar-refractivity contribution in [3.8, 4) is 10.6 Å². The van der Waals surface area contributed by atoms with Gasteiger partial charge in [-0.1, -0.05) is 12.1 Å². The highest BCUT2D eigenvalue weighted by Gasteiger charge is 2.19. The lowest BCUT2D eigenvalue weighted by Crippen LogP contribution is -2.33. The highest BCUT2D eigenvalue weighted by Crippen LogP contribution is 2.23. The Morgan fingerprint density at radius 3 is 2.71 bits per heavy atom. The van der Waals surface area contributed by atoms with Crippen molar-refractivity contribution >= 4 is 29.0 Å². The minimum Gasteiger partial charge on any atom is -0.444 e. The molecule has 31 heavy (non-hydrogen) atoms. The average Bonchev–Trinajstić information content (AvgIpc) is 3.16. The monoisotopic (exact) mass is 438 g/mol. The van der Waals surface area contributed by atoms with Crippen LogP contribution in [-0.2, 0) is 22.5 Å². The van der Waals surface area contributed by atoms with Gasteiger partial charge >= 0.3 is 6.09 Å². The average molecular weight is 439 g/mol. The van der Waals surface area contributed by atoms with E-state index in [0.29, 0.717) is 17.9 Å². The summed E-state index contributed by atoms with van der Waals surface area (Å²) < 4.78 is 5.37. The molecule has 0 aliphatic heterocycles. The van der Waals surface area contributed by atoms with Crippen molar-refractivity contribution in [3.05, 3.63) is 65.4 Å². The van der Waals surface area contributed by atoms with Gasteiger partial charge in [0.15, 0.2) is 0 Å². The molecule has 0 spiro atoms. The number of hydrogen-bond donors (Lipinski definition) is 1. The van der Waals surface area contributed by atoms with Crippen LogP contribution in [0.25, 0.3) is 10.6 Å². The molecule has 0 saturated carbocycles. The van der Waals surface area contributed by atoms with Crippen LogP contribution < -0.4 is 5.32 Å². The summed E-state index contributed by atoms with van der Waals surface area (Å²) in [4.78, 5) is 34.8. The van der Waals surface area contributed by atoms with E-state index in [2.05, 4.69) is 15.3 Å². The van der Waals surface area contributed by atoms with E-state index >= 15 is 0 Å². The van der Waals surface area contributed by atoms with Crippen LogP contribution in [0.4, 0.5) is 10.5 Å². The van der Waals surface area contributed by atoms with Crippen molar-refractivity contribution in [2.45, 2.75) is 39.3 Å². The number of carbonyl (C=O) groups excluding carboxylic acids is 2. The van der Waals surface area contributed by atoms with Crippen LogP contribution in [0.1, 0.15) is 32.0 Å². The third-order valence-electron chi connectivity index (χ3n) is 4.14. The van der Waals surface area contributed by atoms with Crippen LogP contribution in [0.15, 0.2) is 54.2 Å². The molecule has 0 unspecified atom stereocenters. The van der Waals surface area contributed by atoms with Crippen molar-refractivity contribution in [1.82, 2.24) is 14.9 Å². The molecule has 2 amide bonds. The molecule has 0 bridgehead atoms. The Morgan fingerprint density at radius 1 is 1.19 bits per heavy atom. The summed E-state index contributed by atoms with van der Waals surface area (Å²) in [5.41, 5.74) is 2.65. The largest absolute Gasteiger partial charge is 0.444 e. The third kappa shape index (κ3) is 6.89. The summed E-state index contributed by atoms with van der Waals surface area (Å²) in [7, 11) is 1.68. The number of nitrogens with zero attached hydrogens (tertiary/aromatic N) is 3. The molecule has 2 aromatic heterocycles. The third-order valence-corrected chi connectivity index (χ3v) is 5.08. The first kappa shape index (κ1) is 22.4. The number of thiazole rings is 1. The van der Waals surface area contributed by atoms with Crippen molar-refractivity contribution in [1.29, 1.82) is 0 Å². The Bertz CT molecular complexity index is 1040. The maximum absolute atomic E-state index is 12.5. The van der Waals surface area contributed by atoms with E-state index in [1.165, 1.54) is 16.2 Å². The Morgan fingerprint density at radius 2 is 2.00 bits per heavy atom. The number of carbonyl (C=O) groups is 2. The predicted molar refractivity (Wildman–Crippen MR) is 122 cm³/mol. The Kier molecular flexibility index (Phi) is 7.02. The first-order chi connectivity index (χ1) is 14.7. The normalized spacial score (nSPS) is 11.1. The summed E-state index contributed by atoms with van der Waals surface area (Å²) in [5.74, 6) is -0.152. The summed E-state index contributed by atoms with van der Waals surface area (Å²) >= 11 is 1.49. The van der Waals surface area contributed by atoms with Crippen LogP contribution in [0.2, 0.25) is 0 Å². The van der Waals surface area contributed by atoms with E-state index in [4.69, 9.17) is 4.74 Å². The number of pyridine rings is 1. The Balaban J connectivity index is 1.57. The smallest absolute Gasteiger partial charge is 0.410 e. The lowest BCUT2D eigenvalue weighted by Gasteiger charge is -2.24. The fraction of sp³-hybridized carbons (Fsp3) is 0.304. The molecule has 0 atom stereocenters. The number of rotatable bonds is 6. The lowest BCUT2D eigenvalue weighted by atomic mass is 10.2. The van der Waals surface area contributed by atoms with E-state index < -0.39 is 11.7 Å². The van der Waals surface area contributed by atoms with E-state index in [1.807, 2.05) is 62.5 Å². The summed E-state index contributed by atoms with van der Waals surface area (Å²) in [6, 6.07) is 11.2. The number of hydrogen-bond acceptors (Lipinski definition) is 6. The predicted octanol–water partition coefficient (Wildman–Crippen LogP) is 4.75. The molecule has 0 fully saturated rings. The molecule has 0 aliphatic carbocycles. The van der Waals surface area contributed by atoms with Gasteiger partial charge in [0.05, 0.1) is 12.1 Å². The molecule has 7 nitrogen and oxygen atoms in total. The zero-order chi connectivity index (χ0) is 22.4. The summed E-state index contributed by atoms with van der Waals surface area (Å²) in [6.07, 6.45) is 3.25. The Hall–Kier alpha value is -3.26. The van der Waals surface area contributed by atoms with Crippen molar-refractivity contribution < 1.29 is 14.3 Å². The van der Waals surface area contributed by atoms with Gasteiger partial charge in [0, 0.05) is 42.6 Å². The van der Waals surface area contributed by atoms with Crippen LogP contribution in [0.3, 0.4) is 0 Å². The highest BCUT2D eigenvalue weighted by atomic mass is 32.1. The fourth-order valence-electron chi connectivity index (χ4n) is 2.81. The molecular weight excluding hydrogens is 412 g/mol. The van der Waals surface area contributed by atoms with Crippen LogP contribution in [0.5, 0.6) is 0 Å². The van der Waals surface area contributed by atoms with Crippen molar-refractivity contribution in [2.75, 3.05) is 12.4 Å². The minimum atomic E-state index is -0.548.